The number of aromatic nitrogens is 2. The maximum absolute atomic E-state index is 11.0. The third-order valence-electron chi connectivity index (χ3n) is 4.78. The maximum Gasteiger partial charge on any atom is 0.0958 e. The minimum Gasteiger partial charge on any atom is -0.385 e. The Morgan fingerprint density at radius 1 is 1.24 bits per heavy atom. The SMILES string of the molecule is CCC(CC)n1ccc(CC2(O)CCc3ccccc32)n1. The summed E-state index contributed by atoms with van der Waals surface area (Å²) in [6.07, 6.45) is 6.59. The zero-order valence-corrected chi connectivity index (χ0v) is 12.9. The summed E-state index contributed by atoms with van der Waals surface area (Å²) in [6.45, 7) is 4.38. The van der Waals surface area contributed by atoms with Gasteiger partial charge < -0.3 is 5.11 Å². The summed E-state index contributed by atoms with van der Waals surface area (Å²) in [5, 5.41) is 15.7. The Hall–Kier alpha value is -1.61. The average Bonchev–Trinajstić information content (AvgIpc) is 3.07. The molecule has 1 unspecified atom stereocenters. The molecule has 3 nitrogen and oxygen atoms in total. The molecular formula is C18H24N2O. The Balaban J connectivity index is 1.81. The van der Waals surface area contributed by atoms with Crippen molar-refractivity contribution in [3.05, 3.63) is 53.3 Å². The fourth-order valence-electron chi connectivity index (χ4n) is 3.49. The number of nitrogens with zero attached hydrogens (tertiary/aromatic N) is 2. The Morgan fingerprint density at radius 2 is 2.00 bits per heavy atom. The largest absolute Gasteiger partial charge is 0.385 e. The van der Waals surface area contributed by atoms with E-state index < -0.39 is 5.60 Å². The number of hydrogen-bond donors (Lipinski definition) is 1. The third kappa shape index (κ3) is 2.62. The van der Waals surface area contributed by atoms with E-state index in [2.05, 4.69) is 42.9 Å². The molecular weight excluding hydrogens is 260 g/mol. The number of aryl methyl sites for hydroxylation is 1. The van der Waals surface area contributed by atoms with Crippen molar-refractivity contribution < 1.29 is 5.11 Å². The van der Waals surface area contributed by atoms with Gasteiger partial charge in [0.2, 0.25) is 0 Å². The number of hydrogen-bond acceptors (Lipinski definition) is 2. The van der Waals surface area contributed by atoms with E-state index in [0.717, 1.165) is 36.9 Å². The van der Waals surface area contributed by atoms with Gasteiger partial charge in [0.05, 0.1) is 17.3 Å². The summed E-state index contributed by atoms with van der Waals surface area (Å²) in [5.74, 6) is 0. The van der Waals surface area contributed by atoms with Crippen molar-refractivity contribution in [2.24, 2.45) is 0 Å². The molecule has 112 valence electrons. The lowest BCUT2D eigenvalue weighted by molar-refractivity contribution is 0.0378. The van der Waals surface area contributed by atoms with Gasteiger partial charge in [0.25, 0.3) is 0 Å². The van der Waals surface area contributed by atoms with Gasteiger partial charge in [-0.15, -0.1) is 0 Å². The van der Waals surface area contributed by atoms with E-state index in [0.29, 0.717) is 12.5 Å². The molecule has 1 aromatic carbocycles. The van der Waals surface area contributed by atoms with Crippen molar-refractivity contribution >= 4 is 0 Å². The number of benzene rings is 1. The Morgan fingerprint density at radius 3 is 2.76 bits per heavy atom. The summed E-state index contributed by atoms with van der Waals surface area (Å²) in [7, 11) is 0. The Labute approximate surface area is 126 Å². The lowest BCUT2D eigenvalue weighted by atomic mass is 9.91. The highest BCUT2D eigenvalue weighted by atomic mass is 16.3. The van der Waals surface area contributed by atoms with Crippen LogP contribution < -0.4 is 0 Å². The summed E-state index contributed by atoms with van der Waals surface area (Å²) in [6, 6.07) is 10.8. The first kappa shape index (κ1) is 14.3. The van der Waals surface area contributed by atoms with Crippen molar-refractivity contribution in [1.29, 1.82) is 0 Å². The number of fused-ring (bicyclic) bond motifs is 1. The van der Waals surface area contributed by atoms with Crippen LogP contribution in [0.2, 0.25) is 0 Å². The molecule has 1 heterocycles. The van der Waals surface area contributed by atoms with E-state index in [1.165, 1.54) is 5.56 Å². The molecule has 1 N–H and O–H groups in total. The van der Waals surface area contributed by atoms with Crippen molar-refractivity contribution in [3.63, 3.8) is 0 Å². The van der Waals surface area contributed by atoms with Crippen LogP contribution in [0.5, 0.6) is 0 Å². The van der Waals surface area contributed by atoms with Gasteiger partial charge in [-0.2, -0.15) is 5.10 Å². The van der Waals surface area contributed by atoms with Crippen molar-refractivity contribution in [2.75, 3.05) is 0 Å². The summed E-state index contributed by atoms with van der Waals surface area (Å²) in [5.41, 5.74) is 2.60. The van der Waals surface area contributed by atoms with Gasteiger partial charge in [0, 0.05) is 12.6 Å². The Bertz CT molecular complexity index is 615. The van der Waals surface area contributed by atoms with Crippen molar-refractivity contribution in [2.45, 2.75) is 57.6 Å². The van der Waals surface area contributed by atoms with E-state index in [-0.39, 0.29) is 0 Å². The van der Waals surface area contributed by atoms with Gasteiger partial charge in [-0.3, -0.25) is 4.68 Å². The quantitative estimate of drug-likeness (QED) is 0.910. The molecule has 21 heavy (non-hydrogen) atoms. The average molecular weight is 284 g/mol. The molecule has 2 aromatic rings. The first-order chi connectivity index (χ1) is 10.2. The molecule has 1 aromatic heterocycles. The highest BCUT2D eigenvalue weighted by Crippen LogP contribution is 2.39. The first-order valence-corrected chi connectivity index (χ1v) is 8.01. The fraction of sp³-hybridized carbons (Fsp3) is 0.500. The van der Waals surface area contributed by atoms with Crippen LogP contribution in [0.3, 0.4) is 0 Å². The van der Waals surface area contributed by atoms with Crippen LogP contribution in [-0.4, -0.2) is 14.9 Å². The number of rotatable bonds is 5. The third-order valence-corrected chi connectivity index (χ3v) is 4.78. The van der Waals surface area contributed by atoms with Crippen LogP contribution in [-0.2, 0) is 18.4 Å². The normalized spacial score (nSPS) is 21.0. The molecule has 1 atom stereocenters. The minimum absolute atomic E-state index is 0.462. The van der Waals surface area contributed by atoms with Crippen LogP contribution >= 0.6 is 0 Å². The molecule has 0 fully saturated rings. The lowest BCUT2D eigenvalue weighted by Crippen LogP contribution is -2.25. The van der Waals surface area contributed by atoms with Gasteiger partial charge in [0.15, 0.2) is 0 Å². The summed E-state index contributed by atoms with van der Waals surface area (Å²) in [4.78, 5) is 0. The summed E-state index contributed by atoms with van der Waals surface area (Å²) >= 11 is 0. The molecule has 0 saturated carbocycles. The second-order valence-electron chi connectivity index (χ2n) is 6.12. The van der Waals surface area contributed by atoms with Gasteiger partial charge in [-0.05, 0) is 42.9 Å². The van der Waals surface area contributed by atoms with Gasteiger partial charge in [0.1, 0.15) is 0 Å². The lowest BCUT2D eigenvalue weighted by Gasteiger charge is -2.23. The molecule has 0 bridgehead atoms. The molecule has 1 aliphatic carbocycles. The zero-order valence-electron chi connectivity index (χ0n) is 12.9. The first-order valence-electron chi connectivity index (χ1n) is 8.01. The molecule has 3 rings (SSSR count). The summed E-state index contributed by atoms with van der Waals surface area (Å²) < 4.78 is 2.06. The predicted molar refractivity (Wildman–Crippen MR) is 84.2 cm³/mol. The Kier molecular flexibility index (Phi) is 3.85. The van der Waals surface area contributed by atoms with Gasteiger partial charge in [-0.1, -0.05) is 38.1 Å². The maximum atomic E-state index is 11.0. The smallest absolute Gasteiger partial charge is 0.0958 e. The van der Waals surface area contributed by atoms with Gasteiger partial charge in [-0.25, -0.2) is 0 Å². The monoisotopic (exact) mass is 284 g/mol. The minimum atomic E-state index is -0.746. The molecule has 1 aliphatic rings. The van der Waals surface area contributed by atoms with E-state index in [4.69, 9.17) is 5.10 Å². The van der Waals surface area contributed by atoms with Crippen LogP contribution in [0.4, 0.5) is 0 Å². The molecule has 3 heteroatoms. The van der Waals surface area contributed by atoms with E-state index >= 15 is 0 Å². The van der Waals surface area contributed by atoms with E-state index in [1.54, 1.807) is 0 Å². The molecule has 0 amide bonds. The molecule has 0 spiro atoms. The van der Waals surface area contributed by atoms with Crippen LogP contribution in [0.25, 0.3) is 0 Å². The highest BCUT2D eigenvalue weighted by molar-refractivity contribution is 5.38. The second kappa shape index (κ2) is 5.64. The highest BCUT2D eigenvalue weighted by Gasteiger charge is 2.37. The molecule has 0 saturated heterocycles. The topological polar surface area (TPSA) is 38.0 Å². The van der Waals surface area contributed by atoms with Crippen LogP contribution in [0.1, 0.15) is 56.0 Å². The van der Waals surface area contributed by atoms with E-state index in [1.807, 2.05) is 12.1 Å². The van der Waals surface area contributed by atoms with E-state index in [9.17, 15) is 5.11 Å². The zero-order chi connectivity index (χ0) is 14.9. The van der Waals surface area contributed by atoms with Crippen molar-refractivity contribution in [1.82, 2.24) is 9.78 Å². The predicted octanol–water partition coefficient (Wildman–Crippen LogP) is 3.62. The fourth-order valence-corrected chi connectivity index (χ4v) is 3.49. The van der Waals surface area contributed by atoms with Crippen molar-refractivity contribution in [3.8, 4) is 0 Å². The van der Waals surface area contributed by atoms with Crippen LogP contribution in [0, 0.1) is 0 Å². The second-order valence-corrected chi connectivity index (χ2v) is 6.12. The molecule has 0 aliphatic heterocycles. The van der Waals surface area contributed by atoms with Crippen LogP contribution in [0.15, 0.2) is 36.5 Å². The standard InChI is InChI=1S/C18H24N2O/c1-3-16(4-2)20-12-10-15(19-20)13-18(21)11-9-14-7-5-6-8-17(14)18/h5-8,10,12,16,21H,3-4,9,11,13H2,1-2H3. The van der Waals surface area contributed by atoms with Gasteiger partial charge >= 0.3 is 0 Å². The molecule has 0 radical (unpaired) electrons. The number of aliphatic hydroxyl groups is 1.